The maximum atomic E-state index is 4.40. The van der Waals surface area contributed by atoms with Gasteiger partial charge in [0.2, 0.25) is 0 Å². The largest absolute Gasteiger partial charge is 0.372 e. The first-order valence-electron chi connectivity index (χ1n) is 9.53. The number of aryl methyl sites for hydroxylation is 1. The van der Waals surface area contributed by atoms with Crippen molar-refractivity contribution < 1.29 is 0 Å². The van der Waals surface area contributed by atoms with E-state index in [0.29, 0.717) is 0 Å². The van der Waals surface area contributed by atoms with Gasteiger partial charge in [0.1, 0.15) is 0 Å². The number of nitrogens with zero attached hydrogens (tertiary/aromatic N) is 5. The molecule has 142 valence electrons. The summed E-state index contributed by atoms with van der Waals surface area (Å²) in [5.74, 6) is 0. The molecule has 3 rings (SSSR count). The molecule has 0 aliphatic heterocycles. The fourth-order valence-corrected chi connectivity index (χ4v) is 2.84. The van der Waals surface area contributed by atoms with E-state index in [2.05, 4.69) is 58.3 Å². The van der Waals surface area contributed by atoms with Gasteiger partial charge in [-0.15, -0.1) is 0 Å². The molecule has 0 bridgehead atoms. The molecule has 3 aromatic carbocycles. The maximum Gasteiger partial charge on any atom is 0.0887 e. The number of hydrogen-bond acceptors (Lipinski definition) is 5. The molecule has 0 unspecified atom stereocenters. The lowest BCUT2D eigenvalue weighted by atomic mass is 10.1. The molecule has 0 N–H and O–H groups in total. The lowest BCUT2D eigenvalue weighted by Gasteiger charge is -2.21. The second kappa shape index (κ2) is 9.55. The molecular formula is C23H25N5. The van der Waals surface area contributed by atoms with Gasteiger partial charge in [-0.2, -0.15) is 20.5 Å². The van der Waals surface area contributed by atoms with Crippen LogP contribution in [0.2, 0.25) is 0 Å². The summed E-state index contributed by atoms with van der Waals surface area (Å²) in [5.41, 5.74) is 5.60. The van der Waals surface area contributed by atoms with E-state index in [1.165, 1.54) is 5.69 Å². The Morgan fingerprint density at radius 2 is 1.18 bits per heavy atom. The van der Waals surface area contributed by atoms with Crippen LogP contribution in [0, 0.1) is 6.92 Å². The van der Waals surface area contributed by atoms with Crippen LogP contribution in [-0.4, -0.2) is 13.1 Å². The Kier molecular flexibility index (Phi) is 6.63. The molecule has 0 saturated carbocycles. The summed E-state index contributed by atoms with van der Waals surface area (Å²) < 4.78 is 0. The highest BCUT2D eigenvalue weighted by Crippen LogP contribution is 2.27. The van der Waals surface area contributed by atoms with Crippen molar-refractivity contribution in [3.8, 4) is 0 Å². The lowest BCUT2D eigenvalue weighted by Crippen LogP contribution is -2.21. The standard InChI is InChI=1S/C23H25N5/c1-4-28(5-2)22-15-16-23(18(3)17-22)27-26-21-13-11-20(12-14-21)25-24-19-9-7-6-8-10-19/h6-17H,4-5H2,1-3H3. The van der Waals surface area contributed by atoms with Crippen LogP contribution in [0.25, 0.3) is 0 Å². The van der Waals surface area contributed by atoms with E-state index in [1.807, 2.05) is 60.7 Å². The van der Waals surface area contributed by atoms with Crippen molar-refractivity contribution in [2.24, 2.45) is 20.5 Å². The van der Waals surface area contributed by atoms with E-state index in [1.54, 1.807) is 0 Å². The summed E-state index contributed by atoms with van der Waals surface area (Å²) in [4.78, 5) is 2.32. The van der Waals surface area contributed by atoms with E-state index in [0.717, 1.165) is 41.4 Å². The molecule has 0 aliphatic rings. The third kappa shape index (κ3) is 5.10. The Balaban J connectivity index is 1.68. The molecule has 0 atom stereocenters. The summed E-state index contributed by atoms with van der Waals surface area (Å²) in [6.07, 6.45) is 0. The van der Waals surface area contributed by atoms with Crippen molar-refractivity contribution in [3.63, 3.8) is 0 Å². The van der Waals surface area contributed by atoms with Crippen LogP contribution >= 0.6 is 0 Å². The first kappa shape index (κ1) is 19.4. The number of hydrogen-bond donors (Lipinski definition) is 0. The van der Waals surface area contributed by atoms with Gasteiger partial charge in [-0.3, -0.25) is 0 Å². The normalized spacial score (nSPS) is 11.4. The third-order valence-electron chi connectivity index (χ3n) is 4.47. The minimum absolute atomic E-state index is 0.780. The van der Waals surface area contributed by atoms with Crippen LogP contribution in [0.3, 0.4) is 0 Å². The molecule has 5 nitrogen and oxygen atoms in total. The van der Waals surface area contributed by atoms with Crippen LogP contribution in [0.15, 0.2) is 93.3 Å². The molecule has 0 aromatic heterocycles. The molecule has 0 heterocycles. The molecule has 0 amide bonds. The van der Waals surface area contributed by atoms with Gasteiger partial charge in [0, 0.05) is 18.8 Å². The predicted molar refractivity (Wildman–Crippen MR) is 116 cm³/mol. The van der Waals surface area contributed by atoms with Crippen LogP contribution in [0.1, 0.15) is 19.4 Å². The first-order chi connectivity index (χ1) is 13.7. The van der Waals surface area contributed by atoms with Crippen molar-refractivity contribution in [2.45, 2.75) is 20.8 Å². The van der Waals surface area contributed by atoms with Crippen molar-refractivity contribution in [2.75, 3.05) is 18.0 Å². The van der Waals surface area contributed by atoms with Gasteiger partial charge in [0.05, 0.1) is 22.7 Å². The Bertz CT molecular complexity index is 942. The fourth-order valence-electron chi connectivity index (χ4n) is 2.84. The topological polar surface area (TPSA) is 52.7 Å². The number of rotatable bonds is 7. The lowest BCUT2D eigenvalue weighted by molar-refractivity contribution is 0.865. The number of benzene rings is 3. The first-order valence-corrected chi connectivity index (χ1v) is 9.53. The molecule has 0 fully saturated rings. The van der Waals surface area contributed by atoms with Gasteiger partial charge in [-0.1, -0.05) is 18.2 Å². The SMILES string of the molecule is CCN(CC)c1ccc(N=Nc2ccc(N=Nc3ccccc3)cc2)c(C)c1. The average molecular weight is 371 g/mol. The van der Waals surface area contributed by atoms with Crippen LogP contribution in [0.4, 0.5) is 28.4 Å². The van der Waals surface area contributed by atoms with Gasteiger partial charge in [0.25, 0.3) is 0 Å². The van der Waals surface area contributed by atoms with Gasteiger partial charge in [-0.25, -0.2) is 0 Å². The zero-order valence-corrected chi connectivity index (χ0v) is 16.6. The summed E-state index contributed by atoms with van der Waals surface area (Å²) in [6.45, 7) is 8.37. The Morgan fingerprint density at radius 1 is 0.643 bits per heavy atom. The molecule has 0 spiro atoms. The van der Waals surface area contributed by atoms with Crippen molar-refractivity contribution >= 4 is 28.4 Å². The average Bonchev–Trinajstić information content (AvgIpc) is 2.74. The second-order valence-electron chi connectivity index (χ2n) is 6.40. The quantitative estimate of drug-likeness (QED) is 0.393. The number of azo groups is 2. The van der Waals surface area contributed by atoms with Crippen LogP contribution in [0.5, 0.6) is 0 Å². The van der Waals surface area contributed by atoms with E-state index >= 15 is 0 Å². The van der Waals surface area contributed by atoms with E-state index in [9.17, 15) is 0 Å². The summed E-state index contributed by atoms with van der Waals surface area (Å²) in [7, 11) is 0. The second-order valence-corrected chi connectivity index (χ2v) is 6.40. The van der Waals surface area contributed by atoms with Gasteiger partial charge in [-0.05, 0) is 80.9 Å². The van der Waals surface area contributed by atoms with E-state index in [-0.39, 0.29) is 0 Å². The van der Waals surface area contributed by atoms with E-state index < -0.39 is 0 Å². The highest BCUT2D eigenvalue weighted by Gasteiger charge is 2.04. The fraction of sp³-hybridized carbons (Fsp3) is 0.217. The van der Waals surface area contributed by atoms with Crippen molar-refractivity contribution in [1.82, 2.24) is 0 Å². The maximum absolute atomic E-state index is 4.40. The third-order valence-corrected chi connectivity index (χ3v) is 4.47. The predicted octanol–water partition coefficient (Wildman–Crippen LogP) is 7.67. The zero-order valence-electron chi connectivity index (χ0n) is 16.6. The van der Waals surface area contributed by atoms with Gasteiger partial charge < -0.3 is 4.90 Å². The number of anilines is 1. The minimum Gasteiger partial charge on any atom is -0.372 e. The highest BCUT2D eigenvalue weighted by atomic mass is 15.1. The summed E-state index contributed by atoms with van der Waals surface area (Å²) in [5, 5.41) is 17.2. The molecule has 5 heteroatoms. The van der Waals surface area contributed by atoms with Crippen molar-refractivity contribution in [3.05, 3.63) is 78.4 Å². The van der Waals surface area contributed by atoms with E-state index in [4.69, 9.17) is 0 Å². The zero-order chi connectivity index (χ0) is 19.8. The highest BCUT2D eigenvalue weighted by molar-refractivity contribution is 5.58. The Morgan fingerprint density at radius 3 is 1.71 bits per heavy atom. The summed E-state index contributed by atoms with van der Waals surface area (Å²) in [6, 6.07) is 23.5. The monoisotopic (exact) mass is 371 g/mol. The van der Waals surface area contributed by atoms with Gasteiger partial charge in [0.15, 0.2) is 0 Å². The summed E-state index contributed by atoms with van der Waals surface area (Å²) >= 11 is 0. The van der Waals surface area contributed by atoms with Crippen LogP contribution < -0.4 is 4.90 Å². The molecule has 0 radical (unpaired) electrons. The molecule has 28 heavy (non-hydrogen) atoms. The smallest absolute Gasteiger partial charge is 0.0887 e. The molecule has 0 saturated heterocycles. The molecule has 3 aromatic rings. The van der Waals surface area contributed by atoms with Crippen molar-refractivity contribution in [1.29, 1.82) is 0 Å². The molecular weight excluding hydrogens is 346 g/mol. The minimum atomic E-state index is 0.780. The van der Waals surface area contributed by atoms with Gasteiger partial charge >= 0.3 is 0 Å². The molecule has 0 aliphatic carbocycles. The Hall–Kier alpha value is -3.34. The Labute approximate surface area is 166 Å². The van der Waals surface area contributed by atoms with Crippen LogP contribution in [-0.2, 0) is 0 Å².